The number of anilines is 1. The van der Waals surface area contributed by atoms with Crippen LogP contribution in [0.2, 0.25) is 0 Å². The zero-order valence-corrected chi connectivity index (χ0v) is 13.7. The molecule has 0 radical (unpaired) electrons. The maximum Gasteiger partial charge on any atom is 0.163 e. The summed E-state index contributed by atoms with van der Waals surface area (Å²) in [5, 5.41) is 4.18. The predicted octanol–water partition coefficient (Wildman–Crippen LogP) is 4.16. The minimum absolute atomic E-state index is 0.0544. The van der Waals surface area contributed by atoms with Crippen molar-refractivity contribution in [3.63, 3.8) is 0 Å². The fourth-order valence-corrected chi connectivity index (χ4v) is 3.59. The van der Waals surface area contributed by atoms with Gasteiger partial charge < -0.3 is 4.90 Å². The Balaban J connectivity index is 1.77. The molecule has 1 aliphatic heterocycles. The van der Waals surface area contributed by atoms with Crippen LogP contribution in [0.15, 0.2) is 42.7 Å². The molecule has 3 heterocycles. The van der Waals surface area contributed by atoms with Crippen LogP contribution in [0.5, 0.6) is 0 Å². The van der Waals surface area contributed by atoms with Gasteiger partial charge in [0.25, 0.3) is 0 Å². The minimum Gasteiger partial charge on any atom is -0.364 e. The highest BCUT2D eigenvalue weighted by Gasteiger charge is 2.29. The Morgan fingerprint density at radius 1 is 1.24 bits per heavy atom. The molecule has 3 aromatic rings. The first-order valence-corrected chi connectivity index (χ1v) is 8.24. The first kappa shape index (κ1) is 15.7. The molecule has 0 bridgehead atoms. The summed E-state index contributed by atoms with van der Waals surface area (Å²) in [5.41, 5.74) is 2.52. The zero-order chi connectivity index (χ0) is 17.6. The minimum atomic E-state index is -0.437. The highest BCUT2D eigenvalue weighted by atomic mass is 19.1. The van der Waals surface area contributed by atoms with Crippen LogP contribution in [0.4, 0.5) is 14.5 Å². The molecule has 6 heteroatoms. The molecule has 1 atom stereocenters. The van der Waals surface area contributed by atoms with Gasteiger partial charge in [0.2, 0.25) is 0 Å². The molecular weight excluding hydrogens is 324 g/mol. The van der Waals surface area contributed by atoms with Gasteiger partial charge in [-0.3, -0.25) is 4.79 Å². The number of halogens is 2. The van der Waals surface area contributed by atoms with Gasteiger partial charge in [-0.05, 0) is 50.1 Å². The number of carbonyl (C=O) groups excluding carboxylic acids is 1. The van der Waals surface area contributed by atoms with E-state index in [0.717, 1.165) is 36.7 Å². The van der Waals surface area contributed by atoms with Crippen LogP contribution in [0, 0.1) is 11.6 Å². The van der Waals surface area contributed by atoms with Crippen LogP contribution in [0.25, 0.3) is 5.52 Å². The lowest BCUT2D eigenvalue weighted by molar-refractivity contribution is 0.101. The monoisotopic (exact) mass is 341 g/mol. The molecule has 0 N–H and O–H groups in total. The summed E-state index contributed by atoms with van der Waals surface area (Å²) in [6, 6.07) is 7.14. The van der Waals surface area contributed by atoms with Crippen molar-refractivity contribution in [3.8, 4) is 0 Å². The fraction of sp³-hybridized carbons (Fsp3) is 0.263. The standard InChI is InChI=1S/C19H17F2N3O/c1-12(25)16-11-22-24-8-6-14(10-19(16)24)23-7-2-3-18(23)15-9-13(20)4-5-17(15)21/h4-6,8-11,18H,2-3,7H2,1H3/t18-/m1/s1. The van der Waals surface area contributed by atoms with Crippen molar-refractivity contribution in [1.82, 2.24) is 9.61 Å². The molecule has 1 aliphatic rings. The summed E-state index contributed by atoms with van der Waals surface area (Å²) >= 11 is 0. The molecule has 0 aliphatic carbocycles. The summed E-state index contributed by atoms with van der Waals surface area (Å²) in [5.74, 6) is -0.886. The van der Waals surface area contributed by atoms with Crippen molar-refractivity contribution in [3.05, 3.63) is 65.5 Å². The normalized spacial score (nSPS) is 17.4. The summed E-state index contributed by atoms with van der Waals surface area (Å²) in [4.78, 5) is 13.8. The SMILES string of the molecule is CC(=O)c1cnn2ccc(N3CCC[C@@H]3c3cc(F)ccc3F)cc12. The first-order valence-electron chi connectivity index (χ1n) is 8.24. The van der Waals surface area contributed by atoms with E-state index in [4.69, 9.17) is 0 Å². The van der Waals surface area contributed by atoms with Crippen LogP contribution in [-0.2, 0) is 0 Å². The summed E-state index contributed by atoms with van der Waals surface area (Å²) < 4.78 is 29.5. The first-order chi connectivity index (χ1) is 12.0. The summed E-state index contributed by atoms with van der Waals surface area (Å²) in [6.07, 6.45) is 4.98. The molecule has 1 saturated heterocycles. The largest absolute Gasteiger partial charge is 0.364 e. The molecule has 0 unspecified atom stereocenters. The number of carbonyl (C=O) groups is 1. The Labute approximate surface area is 143 Å². The molecule has 0 amide bonds. The number of ketones is 1. The number of benzene rings is 1. The third kappa shape index (κ3) is 2.67. The summed E-state index contributed by atoms with van der Waals surface area (Å²) in [6.45, 7) is 2.25. The van der Waals surface area contributed by atoms with E-state index in [1.165, 1.54) is 19.1 Å². The average Bonchev–Trinajstić information content (AvgIpc) is 3.22. The molecular formula is C19H17F2N3O. The number of nitrogens with zero attached hydrogens (tertiary/aromatic N) is 3. The second kappa shape index (κ2) is 5.95. The van der Waals surface area contributed by atoms with Crippen molar-refractivity contribution in [2.45, 2.75) is 25.8 Å². The number of hydrogen-bond donors (Lipinski definition) is 0. The van der Waals surface area contributed by atoms with Gasteiger partial charge in [0, 0.05) is 24.0 Å². The molecule has 2 aromatic heterocycles. The van der Waals surface area contributed by atoms with E-state index in [0.29, 0.717) is 11.1 Å². The Morgan fingerprint density at radius 3 is 2.88 bits per heavy atom. The molecule has 0 spiro atoms. The van der Waals surface area contributed by atoms with E-state index in [-0.39, 0.29) is 11.8 Å². The van der Waals surface area contributed by atoms with Crippen LogP contribution < -0.4 is 4.90 Å². The average molecular weight is 341 g/mol. The number of pyridine rings is 1. The second-order valence-corrected chi connectivity index (χ2v) is 6.35. The zero-order valence-electron chi connectivity index (χ0n) is 13.7. The van der Waals surface area contributed by atoms with E-state index in [2.05, 4.69) is 10.00 Å². The van der Waals surface area contributed by atoms with Crippen LogP contribution in [0.3, 0.4) is 0 Å². The molecule has 4 nitrogen and oxygen atoms in total. The number of fused-ring (bicyclic) bond motifs is 1. The van der Waals surface area contributed by atoms with Gasteiger partial charge >= 0.3 is 0 Å². The van der Waals surface area contributed by atoms with Gasteiger partial charge in [-0.15, -0.1) is 0 Å². The fourth-order valence-electron chi connectivity index (χ4n) is 3.59. The lowest BCUT2D eigenvalue weighted by Crippen LogP contribution is -2.23. The van der Waals surface area contributed by atoms with Crippen molar-refractivity contribution in [2.75, 3.05) is 11.4 Å². The Kier molecular flexibility index (Phi) is 3.75. The highest BCUT2D eigenvalue weighted by molar-refractivity contribution is 6.00. The molecule has 4 rings (SSSR count). The maximum absolute atomic E-state index is 14.2. The third-order valence-electron chi connectivity index (χ3n) is 4.79. The molecule has 25 heavy (non-hydrogen) atoms. The number of rotatable bonds is 3. The van der Waals surface area contributed by atoms with Crippen molar-refractivity contribution >= 4 is 17.0 Å². The van der Waals surface area contributed by atoms with Crippen LogP contribution >= 0.6 is 0 Å². The molecule has 0 saturated carbocycles. The van der Waals surface area contributed by atoms with Crippen molar-refractivity contribution < 1.29 is 13.6 Å². The summed E-state index contributed by atoms with van der Waals surface area (Å²) in [7, 11) is 0. The molecule has 1 fully saturated rings. The second-order valence-electron chi connectivity index (χ2n) is 6.35. The van der Waals surface area contributed by atoms with Gasteiger partial charge in [-0.2, -0.15) is 5.10 Å². The smallest absolute Gasteiger partial charge is 0.163 e. The Morgan fingerprint density at radius 2 is 2.08 bits per heavy atom. The van der Waals surface area contributed by atoms with E-state index in [1.807, 2.05) is 12.1 Å². The van der Waals surface area contributed by atoms with Crippen LogP contribution in [0.1, 0.15) is 41.7 Å². The highest BCUT2D eigenvalue weighted by Crippen LogP contribution is 2.38. The third-order valence-corrected chi connectivity index (χ3v) is 4.79. The predicted molar refractivity (Wildman–Crippen MR) is 90.9 cm³/mol. The van der Waals surface area contributed by atoms with Crippen molar-refractivity contribution in [1.29, 1.82) is 0 Å². The van der Waals surface area contributed by atoms with Gasteiger partial charge in [0.05, 0.1) is 23.3 Å². The Hall–Kier alpha value is -2.76. The quantitative estimate of drug-likeness (QED) is 0.672. The number of aromatic nitrogens is 2. The van der Waals surface area contributed by atoms with E-state index < -0.39 is 11.6 Å². The number of hydrogen-bond acceptors (Lipinski definition) is 3. The van der Waals surface area contributed by atoms with E-state index in [1.54, 1.807) is 16.9 Å². The maximum atomic E-state index is 14.2. The lowest BCUT2D eigenvalue weighted by Gasteiger charge is -2.27. The number of Topliss-reactive ketones (excluding diaryl/α,β-unsaturated/α-hetero) is 1. The topological polar surface area (TPSA) is 37.6 Å². The van der Waals surface area contributed by atoms with Crippen molar-refractivity contribution in [2.24, 2.45) is 0 Å². The molecule has 128 valence electrons. The van der Waals surface area contributed by atoms with E-state index in [9.17, 15) is 13.6 Å². The van der Waals surface area contributed by atoms with Gasteiger partial charge in [-0.1, -0.05) is 0 Å². The lowest BCUT2D eigenvalue weighted by atomic mass is 10.0. The Bertz CT molecular complexity index is 966. The van der Waals surface area contributed by atoms with Crippen LogP contribution in [-0.4, -0.2) is 21.9 Å². The molecule has 1 aromatic carbocycles. The van der Waals surface area contributed by atoms with Gasteiger partial charge in [-0.25, -0.2) is 13.3 Å². The van der Waals surface area contributed by atoms with Gasteiger partial charge in [0.1, 0.15) is 11.6 Å². The van der Waals surface area contributed by atoms with Gasteiger partial charge in [0.15, 0.2) is 5.78 Å². The van der Waals surface area contributed by atoms with E-state index >= 15 is 0 Å².